The molecule has 0 unspecified atom stereocenters. The molecule has 2 saturated heterocycles. The summed E-state index contributed by atoms with van der Waals surface area (Å²) in [6.45, 7) is 4.45. The standard InChI is InChI=1S/C26H32F2N10O3/c1-2-20(40)35-5-3-26(4-6-35)11-17(12-26)32-19(39)14-29-22-21-23(34-25(33-22)36-7-9-41-10-8-36)37(16-30-21)18-13-31-38(15-18)24(27)28/h2,13,15-17,24H,1,3-12,14H2,(H,32,39)(H,29,33,34). The first kappa shape index (κ1) is 27.1. The number of nitrogens with zero attached hydrogens (tertiary/aromatic N) is 8. The number of nitrogens with one attached hydrogen (secondary N) is 2. The number of hydrogen-bond donors (Lipinski definition) is 2. The Kier molecular flexibility index (Phi) is 7.28. The van der Waals surface area contributed by atoms with Crippen molar-refractivity contribution in [2.75, 3.05) is 56.2 Å². The summed E-state index contributed by atoms with van der Waals surface area (Å²) in [5, 5.41) is 9.93. The average Bonchev–Trinajstić information content (AvgIpc) is 3.63. The van der Waals surface area contributed by atoms with Gasteiger partial charge in [-0.3, -0.25) is 14.2 Å². The summed E-state index contributed by atoms with van der Waals surface area (Å²) in [5.74, 6) is 0.602. The van der Waals surface area contributed by atoms with Gasteiger partial charge in [0.2, 0.25) is 17.8 Å². The minimum absolute atomic E-state index is 0.0179. The number of halogens is 2. The Balaban J connectivity index is 1.13. The molecule has 2 aliphatic heterocycles. The molecule has 3 fully saturated rings. The number of aromatic nitrogens is 6. The fraction of sp³-hybridized carbons (Fsp3) is 0.538. The summed E-state index contributed by atoms with van der Waals surface area (Å²) in [6.07, 6.45) is 9.01. The number of ether oxygens (including phenoxy) is 1. The Bertz CT molecular complexity index is 1430. The topological polar surface area (TPSA) is 135 Å². The van der Waals surface area contributed by atoms with E-state index in [4.69, 9.17) is 4.74 Å². The molecule has 0 atom stereocenters. The van der Waals surface area contributed by atoms with Gasteiger partial charge in [0.15, 0.2) is 17.0 Å². The van der Waals surface area contributed by atoms with Crippen LogP contribution in [0.25, 0.3) is 16.9 Å². The predicted octanol–water partition coefficient (Wildman–Crippen LogP) is 1.73. The van der Waals surface area contributed by atoms with Crippen LogP contribution in [-0.4, -0.2) is 98.0 Å². The molecule has 3 aliphatic rings. The van der Waals surface area contributed by atoms with Crippen LogP contribution in [0.1, 0.15) is 32.2 Å². The number of hydrogen-bond acceptors (Lipinski definition) is 9. The molecular weight excluding hydrogens is 538 g/mol. The van der Waals surface area contributed by atoms with Crippen LogP contribution >= 0.6 is 0 Å². The lowest BCUT2D eigenvalue weighted by Gasteiger charge is -2.52. The van der Waals surface area contributed by atoms with Gasteiger partial charge in [-0.2, -0.15) is 23.8 Å². The van der Waals surface area contributed by atoms with Crippen molar-refractivity contribution in [3.05, 3.63) is 31.4 Å². The Morgan fingerprint density at radius 3 is 2.61 bits per heavy atom. The molecular formula is C26H32F2N10O3. The molecule has 0 aromatic carbocycles. The number of fused-ring (bicyclic) bond motifs is 1. The summed E-state index contributed by atoms with van der Waals surface area (Å²) in [4.78, 5) is 42.3. The first-order chi connectivity index (χ1) is 19.8. The van der Waals surface area contributed by atoms with Crippen LogP contribution in [0, 0.1) is 5.41 Å². The van der Waals surface area contributed by atoms with Gasteiger partial charge in [-0.15, -0.1) is 0 Å². The van der Waals surface area contributed by atoms with Crippen LogP contribution in [0.5, 0.6) is 0 Å². The first-order valence-electron chi connectivity index (χ1n) is 13.7. The number of rotatable bonds is 8. The summed E-state index contributed by atoms with van der Waals surface area (Å²) >= 11 is 0. The molecule has 2 amide bonds. The lowest BCUT2D eigenvalue weighted by atomic mass is 9.60. The SMILES string of the molecule is C=CC(=O)N1CCC2(CC1)CC(NC(=O)CNc1nc(N3CCOCC3)nc3c1ncn3-c1cnn(C(F)F)c1)C2. The van der Waals surface area contributed by atoms with Crippen molar-refractivity contribution in [3.63, 3.8) is 0 Å². The van der Waals surface area contributed by atoms with E-state index in [-0.39, 0.29) is 29.8 Å². The van der Waals surface area contributed by atoms with Crippen molar-refractivity contribution in [1.29, 1.82) is 0 Å². The number of amides is 2. The van der Waals surface area contributed by atoms with E-state index in [0.717, 1.165) is 38.8 Å². The van der Waals surface area contributed by atoms with Crippen LogP contribution in [0.3, 0.4) is 0 Å². The van der Waals surface area contributed by atoms with Gasteiger partial charge in [0.25, 0.3) is 0 Å². The lowest BCUT2D eigenvalue weighted by Crippen LogP contribution is -2.56. The maximum atomic E-state index is 13.1. The minimum atomic E-state index is -2.77. The van der Waals surface area contributed by atoms with Crippen molar-refractivity contribution in [2.45, 2.75) is 38.3 Å². The van der Waals surface area contributed by atoms with Crippen molar-refractivity contribution < 1.29 is 23.1 Å². The largest absolute Gasteiger partial charge is 0.378 e. The van der Waals surface area contributed by atoms with Crippen molar-refractivity contribution in [3.8, 4) is 5.69 Å². The number of alkyl halides is 2. The number of piperidine rings is 1. The number of likely N-dealkylation sites (tertiary alicyclic amines) is 1. The van der Waals surface area contributed by atoms with Gasteiger partial charge in [0.05, 0.1) is 37.8 Å². The highest BCUT2D eigenvalue weighted by molar-refractivity contribution is 5.89. The highest BCUT2D eigenvalue weighted by Crippen LogP contribution is 2.49. The second-order valence-corrected chi connectivity index (χ2v) is 10.8. The van der Waals surface area contributed by atoms with Crippen molar-refractivity contribution in [2.24, 2.45) is 5.41 Å². The van der Waals surface area contributed by atoms with Gasteiger partial charge in [0, 0.05) is 32.2 Å². The zero-order valence-corrected chi connectivity index (χ0v) is 22.5. The molecule has 1 saturated carbocycles. The van der Waals surface area contributed by atoms with E-state index < -0.39 is 6.55 Å². The summed E-state index contributed by atoms with van der Waals surface area (Å²) in [5.41, 5.74) is 1.37. The molecule has 41 heavy (non-hydrogen) atoms. The normalized spacial score (nSPS) is 19.0. The van der Waals surface area contributed by atoms with E-state index in [1.54, 1.807) is 4.57 Å². The Hall–Kier alpha value is -4.14. The smallest absolute Gasteiger partial charge is 0.333 e. The molecule has 15 heteroatoms. The van der Waals surface area contributed by atoms with E-state index in [1.807, 2.05) is 9.80 Å². The number of anilines is 2. The van der Waals surface area contributed by atoms with Crippen molar-refractivity contribution in [1.82, 2.24) is 39.5 Å². The zero-order valence-electron chi connectivity index (χ0n) is 22.5. The molecule has 13 nitrogen and oxygen atoms in total. The number of morpholine rings is 1. The number of carbonyl (C=O) groups excluding carboxylic acids is 2. The molecule has 0 bridgehead atoms. The van der Waals surface area contributed by atoms with E-state index >= 15 is 0 Å². The van der Waals surface area contributed by atoms with Crippen LogP contribution < -0.4 is 15.5 Å². The lowest BCUT2D eigenvalue weighted by molar-refractivity contribution is -0.130. The summed E-state index contributed by atoms with van der Waals surface area (Å²) in [6, 6.07) is 0.0888. The quantitative estimate of drug-likeness (QED) is 0.388. The molecule has 1 aliphatic carbocycles. The van der Waals surface area contributed by atoms with Gasteiger partial charge in [-0.1, -0.05) is 6.58 Å². The predicted molar refractivity (Wildman–Crippen MR) is 145 cm³/mol. The van der Waals surface area contributed by atoms with E-state index in [0.29, 0.717) is 59.6 Å². The Labute approximate surface area is 234 Å². The van der Waals surface area contributed by atoms with Crippen molar-refractivity contribution >= 4 is 34.7 Å². The average molecular weight is 571 g/mol. The summed E-state index contributed by atoms with van der Waals surface area (Å²) < 4.78 is 33.8. The monoisotopic (exact) mass is 570 g/mol. The summed E-state index contributed by atoms with van der Waals surface area (Å²) in [7, 11) is 0. The van der Waals surface area contributed by atoms with Crippen LogP contribution in [0.4, 0.5) is 20.5 Å². The maximum absolute atomic E-state index is 13.1. The second kappa shape index (κ2) is 11.0. The third kappa shape index (κ3) is 5.45. The Morgan fingerprint density at radius 2 is 1.93 bits per heavy atom. The van der Waals surface area contributed by atoms with Gasteiger partial charge in [-0.25, -0.2) is 9.67 Å². The Morgan fingerprint density at radius 1 is 1.17 bits per heavy atom. The van der Waals surface area contributed by atoms with E-state index in [9.17, 15) is 18.4 Å². The van der Waals surface area contributed by atoms with E-state index in [1.165, 1.54) is 24.8 Å². The zero-order chi connectivity index (χ0) is 28.6. The van der Waals surface area contributed by atoms with Crippen LogP contribution in [0.2, 0.25) is 0 Å². The highest BCUT2D eigenvalue weighted by atomic mass is 19.3. The second-order valence-electron chi connectivity index (χ2n) is 10.8. The molecule has 2 N–H and O–H groups in total. The van der Waals surface area contributed by atoms with Gasteiger partial charge >= 0.3 is 6.55 Å². The van der Waals surface area contributed by atoms with Gasteiger partial charge in [0.1, 0.15) is 6.33 Å². The third-order valence-corrected chi connectivity index (χ3v) is 8.19. The van der Waals surface area contributed by atoms with Crippen LogP contribution in [-0.2, 0) is 14.3 Å². The molecule has 6 rings (SSSR count). The molecule has 0 radical (unpaired) electrons. The molecule has 1 spiro atoms. The highest BCUT2D eigenvalue weighted by Gasteiger charge is 2.46. The number of carbonyl (C=O) groups is 2. The molecule has 218 valence electrons. The number of imidazole rings is 1. The maximum Gasteiger partial charge on any atom is 0.333 e. The van der Waals surface area contributed by atoms with Gasteiger partial charge < -0.3 is 25.2 Å². The van der Waals surface area contributed by atoms with Crippen LogP contribution in [0.15, 0.2) is 31.4 Å². The minimum Gasteiger partial charge on any atom is -0.378 e. The molecule has 3 aromatic rings. The molecule has 3 aromatic heterocycles. The van der Waals surface area contributed by atoms with Gasteiger partial charge in [-0.05, 0) is 37.2 Å². The first-order valence-corrected chi connectivity index (χ1v) is 13.7. The third-order valence-electron chi connectivity index (χ3n) is 8.19. The fourth-order valence-corrected chi connectivity index (χ4v) is 5.93. The molecule has 5 heterocycles. The fourth-order valence-electron chi connectivity index (χ4n) is 5.93. The van der Waals surface area contributed by atoms with E-state index in [2.05, 4.69) is 37.3 Å².